The summed E-state index contributed by atoms with van der Waals surface area (Å²) in [6.07, 6.45) is 0. The largest absolute Gasteiger partial charge is 0.497 e. The third-order valence-electron chi connectivity index (χ3n) is 2.96. The molecule has 3 N–H and O–H groups in total. The van der Waals surface area contributed by atoms with Gasteiger partial charge in [0.15, 0.2) is 11.6 Å². The van der Waals surface area contributed by atoms with Gasteiger partial charge in [-0.25, -0.2) is 14.2 Å². The Morgan fingerprint density at radius 1 is 1.25 bits per heavy atom. The minimum absolute atomic E-state index is 0.0394. The molecule has 0 aliphatic carbocycles. The summed E-state index contributed by atoms with van der Waals surface area (Å²) in [5, 5.41) is 0.0923. The number of halogens is 3. The molecular weight excluding hydrogens is 286 g/mol. The molecule has 0 radical (unpaired) electrons. The molecule has 6 heteroatoms. The van der Waals surface area contributed by atoms with Gasteiger partial charge in [-0.05, 0) is 29.8 Å². The van der Waals surface area contributed by atoms with E-state index in [1.54, 1.807) is 24.3 Å². The zero-order valence-electron chi connectivity index (χ0n) is 10.7. The van der Waals surface area contributed by atoms with Crippen molar-refractivity contribution in [2.45, 2.75) is 6.04 Å². The Morgan fingerprint density at radius 2 is 2.00 bits per heavy atom. The van der Waals surface area contributed by atoms with E-state index < -0.39 is 17.7 Å². The van der Waals surface area contributed by atoms with Crippen LogP contribution in [0.5, 0.6) is 5.75 Å². The van der Waals surface area contributed by atoms with Gasteiger partial charge in [0, 0.05) is 10.6 Å². The molecule has 0 fully saturated rings. The van der Waals surface area contributed by atoms with Gasteiger partial charge in [-0.1, -0.05) is 23.7 Å². The third kappa shape index (κ3) is 2.75. The van der Waals surface area contributed by atoms with Crippen LogP contribution >= 0.6 is 11.6 Å². The summed E-state index contributed by atoms with van der Waals surface area (Å²) in [6.45, 7) is 0. The Labute approximate surface area is 120 Å². The maximum absolute atomic E-state index is 14.0. The first-order valence-electron chi connectivity index (χ1n) is 5.82. The van der Waals surface area contributed by atoms with Gasteiger partial charge in [-0.15, -0.1) is 0 Å². The summed E-state index contributed by atoms with van der Waals surface area (Å²) in [5.74, 6) is 4.05. The zero-order valence-corrected chi connectivity index (χ0v) is 11.4. The molecule has 0 spiro atoms. The maximum Gasteiger partial charge on any atom is 0.165 e. The fourth-order valence-electron chi connectivity index (χ4n) is 1.97. The minimum Gasteiger partial charge on any atom is -0.497 e. The van der Waals surface area contributed by atoms with E-state index in [2.05, 4.69) is 5.43 Å². The van der Waals surface area contributed by atoms with Crippen LogP contribution in [-0.2, 0) is 0 Å². The van der Waals surface area contributed by atoms with E-state index >= 15 is 0 Å². The number of hydrogen-bond acceptors (Lipinski definition) is 3. The van der Waals surface area contributed by atoms with E-state index in [4.69, 9.17) is 22.2 Å². The Bertz CT molecular complexity index is 622. The van der Waals surface area contributed by atoms with Gasteiger partial charge in [-0.2, -0.15) is 0 Å². The van der Waals surface area contributed by atoms with Gasteiger partial charge in [0.25, 0.3) is 0 Å². The molecule has 2 aromatic carbocycles. The average molecular weight is 299 g/mol. The van der Waals surface area contributed by atoms with Crippen LogP contribution in [0.1, 0.15) is 17.2 Å². The van der Waals surface area contributed by atoms with E-state index in [-0.39, 0.29) is 10.6 Å². The highest BCUT2D eigenvalue weighted by Crippen LogP contribution is 2.32. The van der Waals surface area contributed by atoms with Gasteiger partial charge >= 0.3 is 0 Å². The molecule has 106 valence electrons. The van der Waals surface area contributed by atoms with Crippen molar-refractivity contribution >= 4 is 11.6 Å². The molecular formula is C14H13ClF2N2O. The van der Waals surface area contributed by atoms with Crippen molar-refractivity contribution in [1.29, 1.82) is 0 Å². The Balaban J connectivity index is 2.55. The van der Waals surface area contributed by atoms with E-state index in [0.29, 0.717) is 11.3 Å². The Kier molecular flexibility index (Phi) is 4.54. The van der Waals surface area contributed by atoms with E-state index in [1.807, 2.05) is 0 Å². The van der Waals surface area contributed by atoms with Crippen molar-refractivity contribution < 1.29 is 13.5 Å². The van der Waals surface area contributed by atoms with Crippen LogP contribution < -0.4 is 16.0 Å². The summed E-state index contributed by atoms with van der Waals surface area (Å²) in [7, 11) is 1.51. The lowest BCUT2D eigenvalue weighted by Gasteiger charge is -2.19. The molecule has 0 aliphatic heterocycles. The van der Waals surface area contributed by atoms with Crippen LogP contribution in [0.3, 0.4) is 0 Å². The number of nitrogens with two attached hydrogens (primary N) is 1. The molecule has 2 rings (SSSR count). The van der Waals surface area contributed by atoms with E-state index in [9.17, 15) is 8.78 Å². The fraction of sp³-hybridized carbons (Fsp3) is 0.143. The van der Waals surface area contributed by atoms with Gasteiger partial charge in [0.05, 0.1) is 13.2 Å². The second-order valence-corrected chi connectivity index (χ2v) is 4.54. The highest BCUT2D eigenvalue weighted by atomic mass is 35.5. The monoisotopic (exact) mass is 298 g/mol. The lowest BCUT2D eigenvalue weighted by Crippen LogP contribution is -2.30. The van der Waals surface area contributed by atoms with Crippen molar-refractivity contribution in [3.8, 4) is 5.75 Å². The van der Waals surface area contributed by atoms with Gasteiger partial charge < -0.3 is 4.74 Å². The molecule has 1 atom stereocenters. The molecule has 3 nitrogen and oxygen atoms in total. The predicted octanol–water partition coefficient (Wildman–Crippen LogP) is 3.18. The lowest BCUT2D eigenvalue weighted by atomic mass is 9.98. The van der Waals surface area contributed by atoms with Crippen molar-refractivity contribution in [3.05, 3.63) is 64.2 Å². The number of nitrogens with one attached hydrogen (secondary N) is 1. The molecule has 0 aromatic heterocycles. The number of benzene rings is 2. The second-order valence-electron chi connectivity index (χ2n) is 4.13. The van der Waals surface area contributed by atoms with E-state index in [1.165, 1.54) is 13.2 Å². The number of hydrazine groups is 1. The van der Waals surface area contributed by atoms with Crippen LogP contribution in [0.4, 0.5) is 8.78 Å². The third-order valence-corrected chi connectivity index (χ3v) is 3.29. The van der Waals surface area contributed by atoms with Crippen molar-refractivity contribution in [3.63, 3.8) is 0 Å². The fourth-order valence-corrected chi connectivity index (χ4v) is 2.23. The predicted molar refractivity (Wildman–Crippen MR) is 73.5 cm³/mol. The first-order chi connectivity index (χ1) is 9.58. The second kappa shape index (κ2) is 6.17. The SMILES string of the molecule is COc1cccc(C(NN)c2c(Cl)ccc(F)c2F)c1. The van der Waals surface area contributed by atoms with Crippen LogP contribution in [0.2, 0.25) is 5.02 Å². The molecule has 0 saturated carbocycles. The van der Waals surface area contributed by atoms with Crippen molar-refractivity contribution in [1.82, 2.24) is 5.43 Å². The molecule has 0 bridgehead atoms. The van der Waals surface area contributed by atoms with Crippen LogP contribution in [0, 0.1) is 11.6 Å². The summed E-state index contributed by atoms with van der Waals surface area (Å²) in [5.41, 5.74) is 3.02. The van der Waals surface area contributed by atoms with Gasteiger partial charge in [0.1, 0.15) is 5.75 Å². The molecule has 0 amide bonds. The first-order valence-corrected chi connectivity index (χ1v) is 6.19. The number of methoxy groups -OCH3 is 1. The van der Waals surface area contributed by atoms with Gasteiger partial charge in [0.2, 0.25) is 0 Å². The number of ether oxygens (including phenoxy) is 1. The molecule has 2 aromatic rings. The smallest absolute Gasteiger partial charge is 0.165 e. The van der Waals surface area contributed by atoms with Gasteiger partial charge in [-0.3, -0.25) is 5.84 Å². The number of rotatable bonds is 4. The van der Waals surface area contributed by atoms with Crippen LogP contribution in [0.25, 0.3) is 0 Å². The quantitative estimate of drug-likeness (QED) is 0.518. The summed E-state index contributed by atoms with van der Waals surface area (Å²) >= 11 is 5.97. The minimum atomic E-state index is -1.02. The molecule has 0 saturated heterocycles. The average Bonchev–Trinajstić information content (AvgIpc) is 2.47. The van der Waals surface area contributed by atoms with Crippen molar-refractivity contribution in [2.75, 3.05) is 7.11 Å². The van der Waals surface area contributed by atoms with Crippen LogP contribution in [-0.4, -0.2) is 7.11 Å². The molecule has 0 aliphatic rings. The topological polar surface area (TPSA) is 47.3 Å². The number of hydrogen-bond donors (Lipinski definition) is 2. The van der Waals surface area contributed by atoms with E-state index in [0.717, 1.165) is 6.07 Å². The standard InChI is InChI=1S/C14H13ClF2N2O/c1-20-9-4-2-3-8(7-9)14(19-18)12-10(15)5-6-11(16)13(12)17/h2-7,14,19H,18H2,1H3. The zero-order chi connectivity index (χ0) is 14.7. The first kappa shape index (κ1) is 14.7. The normalized spacial score (nSPS) is 12.2. The Morgan fingerprint density at radius 3 is 2.65 bits per heavy atom. The lowest BCUT2D eigenvalue weighted by molar-refractivity contribution is 0.413. The summed E-state index contributed by atoms with van der Waals surface area (Å²) in [4.78, 5) is 0. The maximum atomic E-state index is 14.0. The molecule has 20 heavy (non-hydrogen) atoms. The highest BCUT2D eigenvalue weighted by Gasteiger charge is 2.22. The summed E-state index contributed by atoms with van der Waals surface area (Å²) in [6, 6.07) is 8.33. The summed E-state index contributed by atoms with van der Waals surface area (Å²) < 4.78 is 32.5. The Hall–Kier alpha value is -1.69. The molecule has 0 heterocycles. The highest BCUT2D eigenvalue weighted by molar-refractivity contribution is 6.31. The van der Waals surface area contributed by atoms with Crippen LogP contribution in [0.15, 0.2) is 36.4 Å². The van der Waals surface area contributed by atoms with Crippen molar-refractivity contribution in [2.24, 2.45) is 5.84 Å². The molecule has 1 unspecified atom stereocenters.